The van der Waals surface area contributed by atoms with Crippen LogP contribution in [0.4, 0.5) is 10.1 Å². The summed E-state index contributed by atoms with van der Waals surface area (Å²) in [5.74, 6) is -3.63. The monoisotopic (exact) mass is 1260 g/mol. The van der Waals surface area contributed by atoms with Crippen LogP contribution in [0.5, 0.6) is 5.75 Å². The molecule has 6 heterocycles. The first kappa shape index (κ1) is 66.3. The number of amides is 4. The molecule has 0 saturated carbocycles. The Morgan fingerprint density at radius 3 is 1.94 bits per heavy atom. The van der Waals surface area contributed by atoms with Gasteiger partial charge >= 0.3 is 5.97 Å². The lowest BCUT2D eigenvalue weighted by atomic mass is 9.86. The molecule has 87 heavy (non-hydrogen) atoms. The highest BCUT2D eigenvalue weighted by atomic mass is 32.2. The third kappa shape index (κ3) is 16.8. The fourth-order valence-electron chi connectivity index (χ4n) is 9.80. The largest absolute Gasteiger partial charge is 0.490 e. The zero-order chi connectivity index (χ0) is 62.3. The molecule has 0 bridgehead atoms. The number of esters is 1. The number of nitrogens with zero attached hydrogens (tertiary/aromatic N) is 3. The first-order chi connectivity index (χ1) is 41.8. The minimum absolute atomic E-state index is 0.00532. The smallest absolute Gasteiger partial charge is 0.343 e. The summed E-state index contributed by atoms with van der Waals surface area (Å²) in [6.07, 6.45) is 1.53. The van der Waals surface area contributed by atoms with Crippen molar-refractivity contribution in [1.29, 1.82) is 0 Å². The lowest BCUT2D eigenvalue weighted by molar-refractivity contribution is -0.172. The van der Waals surface area contributed by atoms with Crippen LogP contribution in [0.3, 0.4) is 0 Å². The number of halogens is 1. The molecule has 2 aromatic carbocycles. The highest BCUT2D eigenvalue weighted by Gasteiger charge is 2.46. The van der Waals surface area contributed by atoms with E-state index in [2.05, 4.69) is 26.3 Å². The summed E-state index contributed by atoms with van der Waals surface area (Å²) in [5.41, 5.74) is 1.77. The van der Waals surface area contributed by atoms with Crippen molar-refractivity contribution in [3.63, 3.8) is 0 Å². The molecule has 0 aliphatic carbocycles. The molecular weight excluding hydrogens is 1180 g/mol. The predicted octanol–water partition coefficient (Wildman–Crippen LogP) is 2.70. The number of carbonyl (C=O) groups is 5. The maximum absolute atomic E-state index is 14.5. The number of hydrogen-bond acceptors (Lipinski definition) is 22. The normalized spacial score (nSPS) is 15.8. The molecular formula is C58H74FN7O19S2. The Morgan fingerprint density at radius 2 is 1.36 bits per heavy atom. The minimum Gasteiger partial charge on any atom is -0.490 e. The molecule has 3 atom stereocenters. The van der Waals surface area contributed by atoms with Crippen LogP contribution in [0.2, 0.25) is 0 Å². The van der Waals surface area contributed by atoms with Crippen LogP contribution in [0.25, 0.3) is 32.5 Å². The molecule has 0 spiro atoms. The maximum Gasteiger partial charge on any atom is 0.343 e. The van der Waals surface area contributed by atoms with E-state index < -0.39 is 62.9 Å². The van der Waals surface area contributed by atoms with Crippen molar-refractivity contribution in [3.8, 4) is 17.1 Å². The molecule has 3 aliphatic heterocycles. The first-order valence-corrected chi connectivity index (χ1v) is 31.4. The van der Waals surface area contributed by atoms with Gasteiger partial charge in [-0.25, -0.2) is 27.6 Å². The Kier molecular flexibility index (Phi) is 23.6. The quantitative estimate of drug-likeness (QED) is 0.0279. The van der Waals surface area contributed by atoms with Gasteiger partial charge in [-0.1, -0.05) is 20.8 Å². The van der Waals surface area contributed by atoms with Crippen molar-refractivity contribution in [2.75, 3.05) is 130 Å². The van der Waals surface area contributed by atoms with Gasteiger partial charge in [-0.05, 0) is 49.1 Å². The molecule has 3 aromatic heterocycles. The van der Waals surface area contributed by atoms with E-state index in [9.17, 15) is 46.7 Å². The zero-order valence-corrected chi connectivity index (χ0v) is 50.8. The second kappa shape index (κ2) is 31.0. The van der Waals surface area contributed by atoms with E-state index in [1.54, 1.807) is 43.5 Å². The SMILES string of the molecule is CC[C@@]1(O)C(=O)OCc2c1cc1n(c2=O)Cc2c-1nc1ccc(NC(=O)[C@H](C)NC(=O)[C@@H](NC(=O)CCOCCOCCOCCOCCOCCOCCOCCOCCNC(=O)c3cc4sc(S(C)(=O)=O)nc4cc3F)C(C)C)c3c1c2CCO3. The Morgan fingerprint density at radius 1 is 0.759 bits per heavy atom. The fourth-order valence-corrected chi connectivity index (χ4v) is 11.7. The van der Waals surface area contributed by atoms with Crippen LogP contribution >= 0.6 is 11.3 Å². The predicted molar refractivity (Wildman–Crippen MR) is 313 cm³/mol. The number of carbonyl (C=O) groups excluding carboxylic acids is 5. The molecule has 0 fully saturated rings. The van der Waals surface area contributed by atoms with Gasteiger partial charge in [-0.3, -0.25) is 24.0 Å². The lowest BCUT2D eigenvalue weighted by Crippen LogP contribution is -2.53. The highest BCUT2D eigenvalue weighted by Crippen LogP contribution is 2.45. The van der Waals surface area contributed by atoms with Gasteiger partial charge in [-0.15, -0.1) is 11.3 Å². The van der Waals surface area contributed by atoms with E-state index in [1.165, 1.54) is 13.0 Å². The number of rotatable bonds is 36. The fraction of sp³-hybridized carbons (Fsp3) is 0.552. The van der Waals surface area contributed by atoms with Crippen LogP contribution in [0.1, 0.15) is 73.1 Å². The van der Waals surface area contributed by atoms with E-state index >= 15 is 0 Å². The van der Waals surface area contributed by atoms with Gasteiger partial charge in [-0.2, -0.15) is 0 Å². The van der Waals surface area contributed by atoms with E-state index in [0.717, 1.165) is 34.8 Å². The van der Waals surface area contributed by atoms with Crippen molar-refractivity contribution in [2.45, 2.75) is 82.1 Å². The number of ether oxygens (including phenoxy) is 10. The van der Waals surface area contributed by atoms with Crippen molar-refractivity contribution < 1.29 is 89.3 Å². The number of anilines is 1. The molecule has 5 aromatic rings. The number of hydrogen-bond donors (Lipinski definition) is 5. The number of fused-ring (bicyclic) bond motifs is 6. The first-order valence-electron chi connectivity index (χ1n) is 28.7. The second-order valence-corrected chi connectivity index (χ2v) is 24.1. The summed E-state index contributed by atoms with van der Waals surface area (Å²) < 4.78 is 95.2. The molecule has 0 radical (unpaired) electrons. The summed E-state index contributed by atoms with van der Waals surface area (Å²) in [7, 11) is -3.56. The van der Waals surface area contributed by atoms with Gasteiger partial charge in [0, 0.05) is 48.2 Å². The number of benzene rings is 2. The summed E-state index contributed by atoms with van der Waals surface area (Å²) in [6.45, 7) is 12.2. The van der Waals surface area contributed by atoms with Crippen molar-refractivity contribution in [3.05, 3.63) is 74.3 Å². The molecule has 26 nitrogen and oxygen atoms in total. The van der Waals surface area contributed by atoms with Gasteiger partial charge < -0.3 is 78.3 Å². The number of aliphatic hydroxyl groups is 1. The average molecular weight is 1260 g/mol. The van der Waals surface area contributed by atoms with Crippen molar-refractivity contribution in [1.82, 2.24) is 30.5 Å². The van der Waals surface area contributed by atoms with E-state index in [4.69, 9.17) is 52.4 Å². The number of sulfone groups is 1. The third-order valence-electron chi connectivity index (χ3n) is 14.4. The topological polar surface area (TPSA) is 328 Å². The number of cyclic esters (lactones) is 1. The van der Waals surface area contributed by atoms with Crippen LogP contribution in [-0.4, -0.2) is 195 Å². The summed E-state index contributed by atoms with van der Waals surface area (Å²) in [4.78, 5) is 87.7. The number of aromatic nitrogens is 3. The molecule has 29 heteroatoms. The van der Waals surface area contributed by atoms with Gasteiger partial charge in [0.05, 0.1) is 163 Å². The zero-order valence-electron chi connectivity index (χ0n) is 49.2. The molecule has 3 aliphatic rings. The van der Waals surface area contributed by atoms with Crippen molar-refractivity contribution in [2.24, 2.45) is 5.92 Å². The van der Waals surface area contributed by atoms with Gasteiger partial charge in [0.25, 0.3) is 11.5 Å². The molecule has 4 amide bonds. The Balaban J connectivity index is 0.607. The van der Waals surface area contributed by atoms with Crippen LogP contribution in [0.15, 0.2) is 39.5 Å². The van der Waals surface area contributed by atoms with Gasteiger partial charge in [0.15, 0.2) is 11.4 Å². The summed E-state index contributed by atoms with van der Waals surface area (Å²) >= 11 is 0.869. The molecule has 0 saturated heterocycles. The maximum atomic E-state index is 14.5. The standard InChI is InChI=1S/C58H74FN7O19S2/c1-6-58(73)40-30-45-50-38(32-66(45)55(71)39(40)33-85-56(58)72)36-9-13-84-51-43(8-7-42(62-50)48(36)51)63-52(68)35(4)61-54(70)49(34(2)3)65-47(67)10-12-76-15-17-78-19-21-80-23-25-82-27-28-83-26-24-81-22-20-79-18-16-77-14-11-60-53(69)37-29-46-44(31-41(37)59)64-57(86-46)87(5,74)75/h7-8,29-31,34-35,49,73H,6,9-28,32-33H2,1-5H3,(H,60,69)(H,61,70)(H,63,68)(H,65,67)/t35-,49-,58-/m0/s1. The Hall–Kier alpha value is -6.64. The Bertz CT molecular complexity index is 3470. The molecule has 474 valence electrons. The van der Waals surface area contributed by atoms with Crippen LogP contribution in [0, 0.1) is 11.7 Å². The number of thiazole rings is 1. The minimum atomic E-state index is -3.56. The molecule has 0 unspecified atom stereocenters. The van der Waals surface area contributed by atoms with Gasteiger partial charge in [0.1, 0.15) is 24.5 Å². The highest BCUT2D eigenvalue weighted by molar-refractivity contribution is 7.92. The average Bonchev–Trinajstić information content (AvgIpc) is 1.99. The number of pyridine rings is 2. The summed E-state index contributed by atoms with van der Waals surface area (Å²) in [6, 6.07) is 5.44. The van der Waals surface area contributed by atoms with Crippen LogP contribution in [-0.2, 0) is 96.8 Å². The van der Waals surface area contributed by atoms with E-state index in [-0.39, 0.29) is 110 Å². The summed E-state index contributed by atoms with van der Waals surface area (Å²) in [5, 5.41) is 22.9. The molecule has 8 rings (SSSR count). The van der Waals surface area contributed by atoms with E-state index in [1.807, 2.05) is 0 Å². The lowest BCUT2D eigenvalue weighted by Gasteiger charge is -2.31. The molecule has 5 N–H and O–H groups in total. The van der Waals surface area contributed by atoms with Crippen molar-refractivity contribution >= 4 is 77.6 Å². The van der Waals surface area contributed by atoms with Gasteiger partial charge in [0.2, 0.25) is 31.9 Å². The second-order valence-electron chi connectivity index (χ2n) is 20.9. The number of nitrogens with one attached hydrogen (secondary N) is 4. The Labute approximate surface area is 505 Å². The van der Waals surface area contributed by atoms with E-state index in [0.29, 0.717) is 118 Å². The third-order valence-corrected chi connectivity index (χ3v) is 17.1. The van der Waals surface area contributed by atoms with Crippen LogP contribution < -0.4 is 31.6 Å².